The molecule has 6 heteroatoms. The quantitative estimate of drug-likeness (QED) is 0.461. The second kappa shape index (κ2) is 10.5. The summed E-state index contributed by atoms with van der Waals surface area (Å²) in [5.74, 6) is 0.517. The number of aliphatic hydroxyl groups excluding tert-OH is 1. The van der Waals surface area contributed by atoms with Gasteiger partial charge in [-0.2, -0.15) is 0 Å². The minimum absolute atomic E-state index is 0.0516. The third-order valence-corrected chi connectivity index (χ3v) is 6.36. The van der Waals surface area contributed by atoms with Crippen LogP contribution >= 0.6 is 0 Å². The highest BCUT2D eigenvalue weighted by Gasteiger charge is 2.48. The molecule has 0 spiro atoms. The number of nitrogens with zero attached hydrogens (tertiary/aromatic N) is 1. The highest BCUT2D eigenvalue weighted by Crippen LogP contribution is 2.46. The highest BCUT2D eigenvalue weighted by atomic mass is 16.5. The van der Waals surface area contributed by atoms with E-state index in [4.69, 9.17) is 4.74 Å². The molecule has 6 nitrogen and oxygen atoms in total. The van der Waals surface area contributed by atoms with Gasteiger partial charge in [-0.25, -0.2) is 0 Å². The largest absolute Gasteiger partial charge is 0.497 e. The number of hydrogen-bond donors (Lipinski definition) is 2. The summed E-state index contributed by atoms with van der Waals surface area (Å²) in [4.78, 5) is 26.3. The van der Waals surface area contributed by atoms with Gasteiger partial charge in [0.15, 0.2) is 0 Å². The van der Waals surface area contributed by atoms with Crippen LogP contribution in [0.25, 0.3) is 0 Å². The second-order valence-electron chi connectivity index (χ2n) is 8.61. The van der Waals surface area contributed by atoms with E-state index in [0.717, 1.165) is 28.1 Å². The van der Waals surface area contributed by atoms with Gasteiger partial charge in [0.05, 0.1) is 25.2 Å². The van der Waals surface area contributed by atoms with Gasteiger partial charge in [-0.15, -0.1) is 0 Å². The molecule has 1 saturated heterocycles. The maximum absolute atomic E-state index is 13.3. The van der Waals surface area contributed by atoms with Crippen LogP contribution in [-0.4, -0.2) is 24.0 Å². The van der Waals surface area contributed by atoms with Crippen molar-refractivity contribution in [2.24, 2.45) is 5.92 Å². The average molecular weight is 459 g/mol. The summed E-state index contributed by atoms with van der Waals surface area (Å²) in [6.45, 7) is 1.94. The molecule has 2 amide bonds. The Labute approximate surface area is 200 Å². The van der Waals surface area contributed by atoms with Crippen molar-refractivity contribution in [3.8, 4) is 5.75 Å². The number of methoxy groups -OCH3 is 1. The maximum Gasteiger partial charge on any atom is 0.233 e. The lowest BCUT2D eigenvalue weighted by Gasteiger charge is -2.48. The third-order valence-electron chi connectivity index (χ3n) is 6.36. The van der Waals surface area contributed by atoms with E-state index in [1.807, 2.05) is 83.8 Å². The Kier molecular flexibility index (Phi) is 7.28. The van der Waals surface area contributed by atoms with Crippen molar-refractivity contribution in [3.05, 3.63) is 95.6 Å². The summed E-state index contributed by atoms with van der Waals surface area (Å²) >= 11 is 0. The Hall–Kier alpha value is -3.64. The zero-order chi connectivity index (χ0) is 24.1. The molecule has 3 atom stereocenters. The zero-order valence-corrected chi connectivity index (χ0v) is 19.5. The minimum atomic E-state index is -0.604. The van der Waals surface area contributed by atoms with Crippen molar-refractivity contribution >= 4 is 17.5 Å². The fourth-order valence-corrected chi connectivity index (χ4v) is 4.48. The SMILES string of the molecule is COc1ccc([C@@H]2C(CC[C@H](O)c3ccccc3)C(=O)N2c2ccc(CNC(C)=O)cc2)cc1. The number of rotatable bonds is 9. The second-order valence-corrected chi connectivity index (χ2v) is 8.61. The number of β-lactam (4-membered cyclic amide) rings is 1. The Morgan fingerprint density at radius 3 is 2.32 bits per heavy atom. The topological polar surface area (TPSA) is 78.9 Å². The Morgan fingerprint density at radius 2 is 1.71 bits per heavy atom. The number of carbonyl (C=O) groups excluding carboxylic acids is 2. The summed E-state index contributed by atoms with van der Waals surface area (Å²) in [5, 5.41) is 13.4. The monoisotopic (exact) mass is 458 g/mol. The first kappa shape index (κ1) is 23.5. The van der Waals surface area contributed by atoms with Crippen LogP contribution in [0.4, 0.5) is 5.69 Å². The molecule has 0 saturated carbocycles. The lowest BCUT2D eigenvalue weighted by molar-refractivity contribution is -0.131. The number of nitrogens with one attached hydrogen (secondary N) is 1. The summed E-state index contributed by atoms with van der Waals surface area (Å²) in [6, 6.07) is 24.9. The van der Waals surface area contributed by atoms with E-state index in [-0.39, 0.29) is 23.8 Å². The van der Waals surface area contributed by atoms with E-state index < -0.39 is 6.10 Å². The fourth-order valence-electron chi connectivity index (χ4n) is 4.48. The molecule has 1 fully saturated rings. The van der Waals surface area contributed by atoms with Gasteiger partial charge >= 0.3 is 0 Å². The van der Waals surface area contributed by atoms with Crippen LogP contribution < -0.4 is 15.0 Å². The molecule has 0 radical (unpaired) electrons. The van der Waals surface area contributed by atoms with Gasteiger partial charge in [-0.1, -0.05) is 54.6 Å². The van der Waals surface area contributed by atoms with Crippen molar-refractivity contribution in [1.82, 2.24) is 5.32 Å². The molecule has 0 bridgehead atoms. The van der Waals surface area contributed by atoms with Crippen LogP contribution in [0.3, 0.4) is 0 Å². The zero-order valence-electron chi connectivity index (χ0n) is 19.5. The Morgan fingerprint density at radius 1 is 1.03 bits per heavy atom. The summed E-state index contributed by atoms with van der Waals surface area (Å²) in [5.41, 5.74) is 3.68. The molecule has 176 valence electrons. The predicted octanol–water partition coefficient (Wildman–Crippen LogP) is 4.55. The van der Waals surface area contributed by atoms with Crippen molar-refractivity contribution in [2.45, 2.75) is 38.5 Å². The number of hydrogen-bond acceptors (Lipinski definition) is 4. The van der Waals surface area contributed by atoms with Crippen LogP contribution in [-0.2, 0) is 16.1 Å². The number of benzene rings is 3. The van der Waals surface area contributed by atoms with Gasteiger partial charge in [0, 0.05) is 19.2 Å². The molecular weight excluding hydrogens is 428 g/mol. The molecule has 1 heterocycles. The summed E-state index contributed by atoms with van der Waals surface area (Å²) in [6.07, 6.45) is 0.492. The molecule has 34 heavy (non-hydrogen) atoms. The van der Waals surface area contributed by atoms with E-state index in [9.17, 15) is 14.7 Å². The lowest BCUT2D eigenvalue weighted by atomic mass is 9.78. The number of ether oxygens (including phenoxy) is 1. The van der Waals surface area contributed by atoms with Gasteiger partial charge in [0.1, 0.15) is 5.75 Å². The highest BCUT2D eigenvalue weighted by molar-refractivity contribution is 6.03. The Bertz CT molecular complexity index is 1110. The van der Waals surface area contributed by atoms with Crippen LogP contribution in [0.15, 0.2) is 78.9 Å². The van der Waals surface area contributed by atoms with E-state index in [2.05, 4.69) is 5.32 Å². The fraction of sp³-hybridized carbons (Fsp3) is 0.286. The lowest BCUT2D eigenvalue weighted by Crippen LogP contribution is -2.55. The van der Waals surface area contributed by atoms with Gasteiger partial charge in [-0.05, 0) is 53.8 Å². The van der Waals surface area contributed by atoms with Gasteiger partial charge in [0.2, 0.25) is 11.8 Å². The first-order valence-corrected chi connectivity index (χ1v) is 11.5. The normalized spacial score (nSPS) is 18.2. The Balaban J connectivity index is 1.53. The van der Waals surface area contributed by atoms with Crippen molar-refractivity contribution in [2.75, 3.05) is 12.0 Å². The first-order chi connectivity index (χ1) is 16.5. The van der Waals surface area contributed by atoms with Crippen LogP contribution in [0.5, 0.6) is 5.75 Å². The van der Waals surface area contributed by atoms with Crippen LogP contribution in [0, 0.1) is 5.92 Å². The number of aliphatic hydroxyl groups is 1. The molecule has 1 unspecified atom stereocenters. The number of amides is 2. The first-order valence-electron chi connectivity index (χ1n) is 11.5. The van der Waals surface area contributed by atoms with E-state index >= 15 is 0 Å². The van der Waals surface area contributed by atoms with E-state index in [1.54, 1.807) is 7.11 Å². The van der Waals surface area contributed by atoms with Crippen molar-refractivity contribution < 1.29 is 19.4 Å². The van der Waals surface area contributed by atoms with Crippen LogP contribution in [0.2, 0.25) is 0 Å². The molecule has 4 rings (SSSR count). The summed E-state index contributed by atoms with van der Waals surface area (Å²) < 4.78 is 5.30. The summed E-state index contributed by atoms with van der Waals surface area (Å²) in [7, 11) is 1.63. The number of carbonyl (C=O) groups is 2. The van der Waals surface area contributed by atoms with Gasteiger partial charge in [0.25, 0.3) is 0 Å². The molecule has 3 aromatic rings. The molecule has 0 aliphatic carbocycles. The number of anilines is 1. The third kappa shape index (κ3) is 5.13. The molecule has 0 aromatic heterocycles. The molecule has 1 aliphatic heterocycles. The maximum atomic E-state index is 13.3. The van der Waals surface area contributed by atoms with Crippen molar-refractivity contribution in [3.63, 3.8) is 0 Å². The standard InChI is InChI=1S/C28H30N2O4/c1-19(31)29-18-20-8-12-23(13-9-20)30-27(22-10-14-24(34-2)15-11-22)25(28(30)33)16-17-26(32)21-6-4-3-5-7-21/h3-15,25-27,32H,16-18H2,1-2H3,(H,29,31)/t25?,26-,27+/m0/s1. The molecular formula is C28H30N2O4. The van der Waals surface area contributed by atoms with Gasteiger partial charge < -0.3 is 20.1 Å². The average Bonchev–Trinajstić information content (AvgIpc) is 2.87. The van der Waals surface area contributed by atoms with Crippen LogP contribution in [0.1, 0.15) is 48.6 Å². The van der Waals surface area contributed by atoms with Crippen molar-refractivity contribution in [1.29, 1.82) is 0 Å². The van der Waals surface area contributed by atoms with E-state index in [1.165, 1.54) is 6.92 Å². The van der Waals surface area contributed by atoms with Gasteiger partial charge in [-0.3, -0.25) is 9.59 Å². The van der Waals surface area contributed by atoms with E-state index in [0.29, 0.717) is 19.4 Å². The molecule has 2 N–H and O–H groups in total. The minimum Gasteiger partial charge on any atom is -0.497 e. The smallest absolute Gasteiger partial charge is 0.233 e. The predicted molar refractivity (Wildman–Crippen MR) is 131 cm³/mol. The molecule has 3 aromatic carbocycles. The molecule has 1 aliphatic rings.